The second kappa shape index (κ2) is 22.0. The number of hydrogen-bond acceptors (Lipinski definition) is 4. The Balaban J connectivity index is 1.34. The van der Waals surface area contributed by atoms with Crippen molar-refractivity contribution in [3.8, 4) is 0 Å². The summed E-state index contributed by atoms with van der Waals surface area (Å²) in [5.74, 6) is 0. The zero-order valence-corrected chi connectivity index (χ0v) is 51.3. The lowest BCUT2D eigenvalue weighted by molar-refractivity contribution is 0.589. The Morgan fingerprint density at radius 1 is 0.188 bits per heavy atom. The highest BCUT2D eigenvalue weighted by Crippen LogP contribution is 2.48. The first kappa shape index (κ1) is 56.9. The lowest BCUT2D eigenvalue weighted by atomic mass is 9.85. The van der Waals surface area contributed by atoms with E-state index in [1.54, 1.807) is 0 Å². The lowest BCUT2D eigenvalue weighted by Gasteiger charge is -2.34. The predicted molar refractivity (Wildman–Crippen MR) is 348 cm³/mol. The van der Waals surface area contributed by atoms with Crippen LogP contribution in [0.1, 0.15) is 139 Å². The van der Waals surface area contributed by atoms with Crippen LogP contribution in [0, 0.1) is 41.5 Å². The first-order chi connectivity index (χ1) is 37.6. The van der Waals surface area contributed by atoms with Gasteiger partial charge in [0.1, 0.15) is 0 Å². The van der Waals surface area contributed by atoms with E-state index in [1.807, 2.05) is 0 Å². The Labute approximate surface area is 481 Å². The topological polar surface area (TPSA) is 13.0 Å². The van der Waals surface area contributed by atoms with Crippen LogP contribution in [0.25, 0.3) is 0 Å². The first-order valence-corrected chi connectivity index (χ1v) is 28.7. The summed E-state index contributed by atoms with van der Waals surface area (Å²) in [6, 6.07) is 73.7. The number of nitrogens with zero attached hydrogens (tertiary/aromatic N) is 4. The minimum Gasteiger partial charge on any atom is -0.310 e. The molecule has 9 aromatic carbocycles. The molecule has 0 saturated carbocycles. The van der Waals surface area contributed by atoms with Crippen LogP contribution in [0.5, 0.6) is 0 Å². The van der Waals surface area contributed by atoms with Crippen LogP contribution in [0.4, 0.5) is 68.2 Å². The van der Waals surface area contributed by atoms with E-state index in [9.17, 15) is 0 Å². The van der Waals surface area contributed by atoms with Crippen molar-refractivity contribution in [1.82, 2.24) is 0 Å². The van der Waals surface area contributed by atoms with Gasteiger partial charge in [0, 0.05) is 68.2 Å². The summed E-state index contributed by atoms with van der Waals surface area (Å²) in [4.78, 5) is 9.89. The van der Waals surface area contributed by atoms with Crippen molar-refractivity contribution in [1.29, 1.82) is 0 Å². The van der Waals surface area contributed by atoms with Crippen LogP contribution < -0.4 is 19.6 Å². The molecule has 0 bridgehead atoms. The maximum Gasteiger partial charge on any atom is 0.0485 e. The Morgan fingerprint density at radius 2 is 0.388 bits per heavy atom. The van der Waals surface area contributed by atoms with E-state index in [2.05, 4.69) is 338 Å². The molecule has 0 aliphatic rings. The molecular weight excluding hydrogens is 969 g/mol. The molecule has 0 aromatic heterocycles. The molecule has 0 unspecified atom stereocenters. The number of anilines is 12. The maximum absolute atomic E-state index is 2.49. The minimum atomic E-state index is -0.180. The standard InChI is InChI=1S/C76H86N4/c1-51-24-19-28-61(36-51)79(67-38-53(3)34-54(4)39-67)71-46-59(75(13,14)15)44-69(49-71)77(63-30-21-26-57(42-63)73(7,8)9)65-32-23-33-66(48-65)78(64-31-22-27-58(43-64)74(10,11)12)70-45-60(76(16,17)18)47-72(50-70)80(62-29-20-25-52(2)37-62)68-40-55(5)35-56(6)41-68/h19-50H,1-18H3. The van der Waals surface area contributed by atoms with E-state index in [-0.39, 0.29) is 21.7 Å². The Bertz CT molecular complexity index is 3420. The van der Waals surface area contributed by atoms with Gasteiger partial charge in [0.2, 0.25) is 0 Å². The third kappa shape index (κ3) is 12.8. The largest absolute Gasteiger partial charge is 0.310 e. The van der Waals surface area contributed by atoms with E-state index in [4.69, 9.17) is 0 Å². The van der Waals surface area contributed by atoms with Gasteiger partial charge < -0.3 is 19.6 Å². The zero-order chi connectivity index (χ0) is 57.6. The third-order valence-corrected chi connectivity index (χ3v) is 15.3. The van der Waals surface area contributed by atoms with Crippen LogP contribution >= 0.6 is 0 Å². The monoisotopic (exact) mass is 1050 g/mol. The van der Waals surface area contributed by atoms with Crippen molar-refractivity contribution < 1.29 is 0 Å². The Morgan fingerprint density at radius 3 is 0.675 bits per heavy atom. The second-order valence-corrected chi connectivity index (χ2v) is 26.8. The molecule has 9 rings (SSSR count). The van der Waals surface area contributed by atoms with Crippen LogP contribution in [0.3, 0.4) is 0 Å². The summed E-state index contributed by atoms with van der Waals surface area (Å²) in [5, 5.41) is 0. The van der Waals surface area contributed by atoms with Crippen molar-refractivity contribution in [3.63, 3.8) is 0 Å². The third-order valence-electron chi connectivity index (χ3n) is 15.3. The molecule has 9 aromatic rings. The summed E-state index contributed by atoms with van der Waals surface area (Å²) in [5.41, 5.74) is 25.1. The van der Waals surface area contributed by atoms with Gasteiger partial charge in [-0.1, -0.05) is 150 Å². The molecule has 0 saturated heterocycles. The summed E-state index contributed by atoms with van der Waals surface area (Å²) < 4.78 is 0. The zero-order valence-electron chi connectivity index (χ0n) is 51.3. The van der Waals surface area contributed by atoms with Gasteiger partial charge in [-0.3, -0.25) is 0 Å². The molecule has 0 aliphatic carbocycles. The summed E-state index contributed by atoms with van der Waals surface area (Å²) in [6.45, 7) is 41.0. The van der Waals surface area contributed by atoms with Crippen LogP contribution in [0.2, 0.25) is 0 Å². The van der Waals surface area contributed by atoms with Crippen molar-refractivity contribution >= 4 is 68.2 Å². The van der Waals surface area contributed by atoms with Crippen molar-refractivity contribution in [2.45, 2.75) is 146 Å². The molecule has 0 N–H and O–H groups in total. The van der Waals surface area contributed by atoms with Crippen molar-refractivity contribution in [2.24, 2.45) is 0 Å². The highest BCUT2D eigenvalue weighted by atomic mass is 15.2. The highest BCUT2D eigenvalue weighted by Gasteiger charge is 2.28. The van der Waals surface area contributed by atoms with Gasteiger partial charge in [0.05, 0.1) is 0 Å². The fourth-order valence-electron chi connectivity index (χ4n) is 11.0. The van der Waals surface area contributed by atoms with E-state index >= 15 is 0 Å². The molecule has 0 amide bonds. The molecule has 0 heterocycles. The molecule has 80 heavy (non-hydrogen) atoms. The summed E-state index contributed by atoms with van der Waals surface area (Å²) in [6.07, 6.45) is 0. The molecular formula is C76H86N4. The van der Waals surface area contributed by atoms with Crippen LogP contribution in [-0.2, 0) is 21.7 Å². The van der Waals surface area contributed by atoms with Crippen molar-refractivity contribution in [2.75, 3.05) is 19.6 Å². The average Bonchev–Trinajstić information content (AvgIpc) is 3.50. The quantitative estimate of drug-likeness (QED) is 0.121. The smallest absolute Gasteiger partial charge is 0.0485 e. The predicted octanol–water partition coefficient (Wildman–Crippen LogP) is 22.6. The molecule has 0 spiro atoms. The van der Waals surface area contributed by atoms with Gasteiger partial charge in [0.15, 0.2) is 0 Å². The normalized spacial score (nSPS) is 12.1. The minimum absolute atomic E-state index is 0.0823. The van der Waals surface area contributed by atoms with Gasteiger partial charge >= 0.3 is 0 Å². The number of benzene rings is 9. The van der Waals surface area contributed by atoms with Gasteiger partial charge in [0.25, 0.3) is 0 Å². The van der Waals surface area contributed by atoms with Crippen molar-refractivity contribution in [3.05, 3.63) is 250 Å². The van der Waals surface area contributed by atoms with E-state index < -0.39 is 0 Å². The fourth-order valence-corrected chi connectivity index (χ4v) is 11.0. The van der Waals surface area contributed by atoms with E-state index in [1.165, 1.54) is 55.6 Å². The SMILES string of the molecule is Cc1cccc(N(c2cc(C)cc(C)c2)c2cc(N(c3cccc(N(c4cccc(C(C)(C)C)c4)c4cc(N(c5cccc(C)c5)c5cc(C)cc(C)c5)cc(C(C)(C)C)c4)c3)c3cccc(C(C)(C)C)c3)cc(C(C)(C)C)c2)c1. The maximum atomic E-state index is 2.49. The van der Waals surface area contributed by atoms with Crippen LogP contribution in [-0.4, -0.2) is 0 Å². The average molecular weight is 1060 g/mol. The van der Waals surface area contributed by atoms with Crippen LogP contribution in [0.15, 0.2) is 194 Å². The van der Waals surface area contributed by atoms with Gasteiger partial charge in [-0.05, 0) is 246 Å². The summed E-state index contributed by atoms with van der Waals surface area (Å²) >= 11 is 0. The number of hydrogen-bond donors (Lipinski definition) is 0. The molecule has 410 valence electrons. The van der Waals surface area contributed by atoms with E-state index in [0.29, 0.717) is 0 Å². The number of aryl methyl sites for hydroxylation is 6. The van der Waals surface area contributed by atoms with Gasteiger partial charge in [-0.15, -0.1) is 0 Å². The molecule has 4 nitrogen and oxygen atoms in total. The van der Waals surface area contributed by atoms with Gasteiger partial charge in [-0.2, -0.15) is 0 Å². The summed E-state index contributed by atoms with van der Waals surface area (Å²) in [7, 11) is 0. The van der Waals surface area contributed by atoms with Gasteiger partial charge in [-0.25, -0.2) is 0 Å². The lowest BCUT2D eigenvalue weighted by Crippen LogP contribution is -2.19. The Kier molecular flexibility index (Phi) is 15.7. The molecule has 0 radical (unpaired) electrons. The van der Waals surface area contributed by atoms with E-state index in [0.717, 1.165) is 68.2 Å². The fraction of sp³-hybridized carbons (Fsp3) is 0.289. The number of rotatable bonds is 12. The molecule has 0 atom stereocenters. The highest BCUT2D eigenvalue weighted by molar-refractivity contribution is 5.89. The first-order valence-electron chi connectivity index (χ1n) is 28.7. The Hall–Kier alpha value is -7.82. The second-order valence-electron chi connectivity index (χ2n) is 26.8. The molecule has 0 fully saturated rings. The molecule has 4 heteroatoms. The molecule has 0 aliphatic heterocycles.